The number of aryl methyl sites for hydroxylation is 1. The molecule has 0 spiro atoms. The molecule has 0 aliphatic carbocycles. The van der Waals surface area contributed by atoms with Crippen molar-refractivity contribution in [3.8, 4) is 0 Å². The quantitative estimate of drug-likeness (QED) is 0.721. The van der Waals surface area contributed by atoms with E-state index in [1.165, 1.54) is 20.4 Å². The zero-order valence-corrected chi connectivity index (χ0v) is 9.56. The van der Waals surface area contributed by atoms with Crippen LogP contribution in [0, 0.1) is 6.92 Å². The van der Waals surface area contributed by atoms with Gasteiger partial charge in [-0.2, -0.15) is 0 Å². The lowest BCUT2D eigenvalue weighted by atomic mass is 10.4. The lowest BCUT2D eigenvalue weighted by molar-refractivity contribution is -0.0974. The smallest absolute Gasteiger partial charge is 0.271 e. The van der Waals surface area contributed by atoms with Gasteiger partial charge in [0.1, 0.15) is 5.69 Å². The van der Waals surface area contributed by atoms with Crippen LogP contribution in [0.3, 0.4) is 0 Å². The van der Waals surface area contributed by atoms with Gasteiger partial charge in [-0.25, -0.2) is 4.98 Å². The van der Waals surface area contributed by atoms with Crippen LogP contribution < -0.4 is 5.32 Å². The Bertz CT molecular complexity index is 336. The second-order valence-corrected chi connectivity index (χ2v) is 3.15. The number of amides is 1. The van der Waals surface area contributed by atoms with Crippen molar-refractivity contribution in [1.29, 1.82) is 0 Å². The van der Waals surface area contributed by atoms with Crippen molar-refractivity contribution in [3.63, 3.8) is 0 Å². The van der Waals surface area contributed by atoms with Gasteiger partial charge in [-0.1, -0.05) is 0 Å². The monoisotopic (exact) mass is 225 g/mol. The van der Waals surface area contributed by atoms with Crippen molar-refractivity contribution in [2.24, 2.45) is 0 Å². The van der Waals surface area contributed by atoms with E-state index in [1.807, 2.05) is 0 Å². The number of rotatable bonds is 5. The molecule has 1 heterocycles. The lowest BCUT2D eigenvalue weighted by Gasteiger charge is -2.13. The number of carbonyl (C=O) groups excluding carboxylic acids is 1. The van der Waals surface area contributed by atoms with Crippen LogP contribution in [-0.4, -0.2) is 42.9 Å². The second kappa shape index (κ2) is 6.14. The number of hydrogen-bond acceptors (Lipinski definition) is 5. The molecule has 1 rings (SSSR count). The van der Waals surface area contributed by atoms with E-state index in [0.29, 0.717) is 0 Å². The number of nitrogens with one attached hydrogen (secondary N) is 1. The Morgan fingerprint density at radius 2 is 2.06 bits per heavy atom. The number of carbonyl (C=O) groups is 1. The van der Waals surface area contributed by atoms with Crippen molar-refractivity contribution in [2.75, 3.05) is 20.8 Å². The zero-order valence-electron chi connectivity index (χ0n) is 9.56. The van der Waals surface area contributed by atoms with Crippen molar-refractivity contribution in [3.05, 3.63) is 23.8 Å². The molecule has 0 saturated heterocycles. The first-order chi connectivity index (χ1) is 7.67. The maximum absolute atomic E-state index is 11.6. The summed E-state index contributed by atoms with van der Waals surface area (Å²) in [5.74, 6) is -0.299. The van der Waals surface area contributed by atoms with Crippen LogP contribution in [0.15, 0.2) is 12.4 Å². The highest BCUT2D eigenvalue weighted by Crippen LogP contribution is 1.95. The van der Waals surface area contributed by atoms with E-state index in [4.69, 9.17) is 9.47 Å². The summed E-state index contributed by atoms with van der Waals surface area (Å²) in [7, 11) is 3.01. The largest absolute Gasteiger partial charge is 0.354 e. The molecular weight excluding hydrogens is 210 g/mol. The number of ether oxygens (including phenoxy) is 2. The van der Waals surface area contributed by atoms with Crippen LogP contribution in [0.25, 0.3) is 0 Å². The summed E-state index contributed by atoms with van der Waals surface area (Å²) in [6, 6.07) is 0. The molecule has 1 aromatic heterocycles. The van der Waals surface area contributed by atoms with E-state index < -0.39 is 6.29 Å². The highest BCUT2D eigenvalue weighted by molar-refractivity contribution is 5.91. The Balaban J connectivity index is 2.49. The fourth-order valence-corrected chi connectivity index (χ4v) is 1.04. The van der Waals surface area contributed by atoms with E-state index in [-0.39, 0.29) is 18.1 Å². The standard InChI is InChI=1S/C10H15N3O3/c1-7-4-12-8(5-11-7)10(14)13-6-9(15-2)16-3/h4-5,9H,6H2,1-3H3,(H,13,14). The predicted octanol–water partition coefficient (Wildman–Crippen LogP) is 0.134. The van der Waals surface area contributed by atoms with E-state index in [1.54, 1.807) is 13.1 Å². The molecule has 88 valence electrons. The van der Waals surface area contributed by atoms with Gasteiger partial charge in [0.05, 0.1) is 18.4 Å². The highest BCUT2D eigenvalue weighted by Gasteiger charge is 2.10. The van der Waals surface area contributed by atoms with E-state index in [2.05, 4.69) is 15.3 Å². The van der Waals surface area contributed by atoms with Crippen LogP contribution >= 0.6 is 0 Å². The fraction of sp³-hybridized carbons (Fsp3) is 0.500. The molecule has 16 heavy (non-hydrogen) atoms. The Kier molecular flexibility index (Phi) is 4.81. The van der Waals surface area contributed by atoms with Crippen molar-refractivity contribution < 1.29 is 14.3 Å². The third kappa shape index (κ3) is 3.56. The maximum Gasteiger partial charge on any atom is 0.271 e. The van der Waals surface area contributed by atoms with Crippen LogP contribution in [0.1, 0.15) is 16.2 Å². The zero-order chi connectivity index (χ0) is 12.0. The molecule has 0 aliphatic heterocycles. The number of nitrogens with zero attached hydrogens (tertiary/aromatic N) is 2. The summed E-state index contributed by atoms with van der Waals surface area (Å²) in [5.41, 5.74) is 1.04. The molecule has 6 nitrogen and oxygen atoms in total. The third-order valence-corrected chi connectivity index (χ3v) is 1.97. The first-order valence-corrected chi connectivity index (χ1v) is 4.79. The summed E-state index contributed by atoms with van der Waals surface area (Å²) in [6.45, 7) is 2.07. The van der Waals surface area contributed by atoms with E-state index in [9.17, 15) is 4.79 Å². The van der Waals surface area contributed by atoms with E-state index in [0.717, 1.165) is 5.69 Å². The summed E-state index contributed by atoms with van der Waals surface area (Å²) >= 11 is 0. The van der Waals surface area contributed by atoms with Gasteiger partial charge in [-0.15, -0.1) is 0 Å². The van der Waals surface area contributed by atoms with Crippen molar-refractivity contribution >= 4 is 5.91 Å². The van der Waals surface area contributed by atoms with Gasteiger partial charge >= 0.3 is 0 Å². The Hall–Kier alpha value is -1.53. The fourth-order valence-electron chi connectivity index (χ4n) is 1.04. The molecule has 0 radical (unpaired) electrons. The Labute approximate surface area is 94.0 Å². The number of methoxy groups -OCH3 is 2. The van der Waals surface area contributed by atoms with Crippen LogP contribution in [-0.2, 0) is 9.47 Å². The van der Waals surface area contributed by atoms with Gasteiger partial charge in [0.2, 0.25) is 0 Å². The molecular formula is C10H15N3O3. The molecule has 0 aromatic carbocycles. The molecule has 0 atom stereocenters. The molecule has 0 unspecified atom stereocenters. The normalized spacial score (nSPS) is 10.5. The van der Waals surface area contributed by atoms with Gasteiger partial charge < -0.3 is 14.8 Å². The summed E-state index contributed by atoms with van der Waals surface area (Å²) in [6.07, 6.45) is 2.51. The number of aromatic nitrogens is 2. The minimum absolute atomic E-state index is 0.265. The Morgan fingerprint density at radius 1 is 1.38 bits per heavy atom. The molecule has 1 amide bonds. The Morgan fingerprint density at radius 3 is 2.56 bits per heavy atom. The van der Waals surface area contributed by atoms with Gasteiger partial charge in [-0.3, -0.25) is 9.78 Å². The minimum Gasteiger partial charge on any atom is -0.354 e. The van der Waals surface area contributed by atoms with Gasteiger partial charge in [0.15, 0.2) is 6.29 Å². The third-order valence-electron chi connectivity index (χ3n) is 1.97. The SMILES string of the molecule is COC(CNC(=O)c1cnc(C)cn1)OC. The van der Waals surface area contributed by atoms with Crippen LogP contribution in [0.5, 0.6) is 0 Å². The maximum atomic E-state index is 11.6. The highest BCUT2D eigenvalue weighted by atomic mass is 16.7. The molecule has 6 heteroatoms. The molecule has 1 aromatic rings. The summed E-state index contributed by atoms with van der Waals surface area (Å²) in [4.78, 5) is 19.5. The average Bonchev–Trinajstić information content (AvgIpc) is 2.31. The van der Waals surface area contributed by atoms with E-state index >= 15 is 0 Å². The minimum atomic E-state index is -0.456. The second-order valence-electron chi connectivity index (χ2n) is 3.15. The van der Waals surface area contributed by atoms with Crippen molar-refractivity contribution in [1.82, 2.24) is 15.3 Å². The van der Waals surface area contributed by atoms with Gasteiger partial charge in [0.25, 0.3) is 5.91 Å². The topological polar surface area (TPSA) is 73.3 Å². The molecule has 0 fully saturated rings. The number of hydrogen-bond donors (Lipinski definition) is 1. The molecule has 0 aliphatic rings. The van der Waals surface area contributed by atoms with Crippen LogP contribution in [0.4, 0.5) is 0 Å². The molecule has 1 N–H and O–H groups in total. The lowest BCUT2D eigenvalue weighted by Crippen LogP contribution is -2.34. The molecule has 0 bridgehead atoms. The molecule has 0 saturated carbocycles. The summed E-state index contributed by atoms with van der Waals surface area (Å²) in [5, 5.41) is 2.63. The summed E-state index contributed by atoms with van der Waals surface area (Å²) < 4.78 is 9.86. The van der Waals surface area contributed by atoms with Crippen molar-refractivity contribution in [2.45, 2.75) is 13.2 Å². The first kappa shape index (κ1) is 12.5. The predicted molar refractivity (Wildman–Crippen MR) is 56.9 cm³/mol. The van der Waals surface area contributed by atoms with Gasteiger partial charge in [-0.05, 0) is 6.92 Å². The van der Waals surface area contributed by atoms with Crippen LogP contribution in [0.2, 0.25) is 0 Å². The first-order valence-electron chi connectivity index (χ1n) is 4.79. The average molecular weight is 225 g/mol. The van der Waals surface area contributed by atoms with Gasteiger partial charge in [0, 0.05) is 20.4 Å².